The number of amides is 1. The van der Waals surface area contributed by atoms with Crippen molar-refractivity contribution in [2.75, 3.05) is 6.54 Å². The van der Waals surface area contributed by atoms with Gasteiger partial charge in [0.2, 0.25) is 0 Å². The molecule has 0 saturated heterocycles. The summed E-state index contributed by atoms with van der Waals surface area (Å²) in [5.74, 6) is -0.976. The van der Waals surface area contributed by atoms with Crippen molar-refractivity contribution in [1.82, 2.24) is 5.32 Å². The van der Waals surface area contributed by atoms with Crippen molar-refractivity contribution >= 4 is 29.9 Å². The second kappa shape index (κ2) is 6.19. The Morgan fingerprint density at radius 2 is 2.12 bits per heavy atom. The first kappa shape index (κ1) is 16.2. The number of rotatable bonds is 3. The Labute approximate surface area is 111 Å². The Balaban J connectivity index is 0.00000256. The Morgan fingerprint density at radius 3 is 2.59 bits per heavy atom. The Morgan fingerprint density at radius 1 is 1.53 bits per heavy atom. The van der Waals surface area contributed by atoms with Gasteiger partial charge in [0, 0.05) is 17.6 Å². The summed E-state index contributed by atoms with van der Waals surface area (Å²) in [6, 6.07) is 3.91. The molecule has 0 aromatic heterocycles. The van der Waals surface area contributed by atoms with Gasteiger partial charge < -0.3 is 11.1 Å². The lowest BCUT2D eigenvalue weighted by Gasteiger charge is -2.18. The molecule has 0 radical (unpaired) electrons. The van der Waals surface area contributed by atoms with E-state index in [0.29, 0.717) is 6.54 Å². The first-order valence-corrected chi connectivity index (χ1v) is 5.19. The molecule has 0 spiro atoms. The van der Waals surface area contributed by atoms with Gasteiger partial charge in [-0.3, -0.25) is 4.79 Å². The monoisotopic (exact) mass is 280 g/mol. The Hall–Kier alpha value is -0.840. The van der Waals surface area contributed by atoms with Crippen LogP contribution in [0.1, 0.15) is 24.2 Å². The molecule has 96 valence electrons. The maximum atomic E-state index is 13.1. The standard InChI is InChI=1S/C11H14ClFN2O.ClH/c1-11(2,14)6-15-10(16)7-3-4-8(12)9(13)5-7;/h3-5H,6,14H2,1-2H3,(H,15,16);1H. The lowest BCUT2D eigenvalue weighted by atomic mass is 10.1. The number of carbonyl (C=O) groups excluding carboxylic acids is 1. The van der Waals surface area contributed by atoms with Gasteiger partial charge in [0.1, 0.15) is 5.82 Å². The lowest BCUT2D eigenvalue weighted by Crippen LogP contribution is -2.45. The molecule has 1 aromatic carbocycles. The number of benzene rings is 1. The maximum Gasteiger partial charge on any atom is 0.251 e. The van der Waals surface area contributed by atoms with Crippen LogP contribution in [-0.4, -0.2) is 18.0 Å². The van der Waals surface area contributed by atoms with E-state index >= 15 is 0 Å². The fourth-order valence-electron chi connectivity index (χ4n) is 1.05. The molecule has 3 nitrogen and oxygen atoms in total. The number of halogens is 3. The van der Waals surface area contributed by atoms with Gasteiger partial charge in [0.05, 0.1) is 5.02 Å². The molecule has 1 amide bonds. The summed E-state index contributed by atoms with van der Waals surface area (Å²) in [7, 11) is 0. The smallest absolute Gasteiger partial charge is 0.251 e. The molecule has 0 bridgehead atoms. The van der Waals surface area contributed by atoms with E-state index < -0.39 is 11.4 Å². The lowest BCUT2D eigenvalue weighted by molar-refractivity contribution is 0.0945. The first-order valence-electron chi connectivity index (χ1n) is 4.82. The number of hydrogen-bond acceptors (Lipinski definition) is 2. The van der Waals surface area contributed by atoms with Crippen LogP contribution in [0.3, 0.4) is 0 Å². The summed E-state index contributed by atoms with van der Waals surface area (Å²) in [6.45, 7) is 3.89. The van der Waals surface area contributed by atoms with Gasteiger partial charge in [0.25, 0.3) is 5.91 Å². The van der Waals surface area contributed by atoms with E-state index in [2.05, 4.69) is 5.32 Å². The van der Waals surface area contributed by atoms with Crippen LogP contribution in [0.2, 0.25) is 5.02 Å². The molecule has 0 aliphatic rings. The zero-order valence-electron chi connectivity index (χ0n) is 9.59. The van der Waals surface area contributed by atoms with Crippen LogP contribution in [0.25, 0.3) is 0 Å². The molecule has 1 rings (SSSR count). The summed E-state index contributed by atoms with van der Waals surface area (Å²) in [6.07, 6.45) is 0. The summed E-state index contributed by atoms with van der Waals surface area (Å²) in [4.78, 5) is 11.6. The van der Waals surface area contributed by atoms with Gasteiger partial charge in [-0.05, 0) is 32.0 Å². The minimum Gasteiger partial charge on any atom is -0.350 e. The third kappa shape index (κ3) is 5.35. The average Bonchev–Trinajstić information content (AvgIpc) is 2.17. The highest BCUT2D eigenvalue weighted by atomic mass is 35.5. The largest absolute Gasteiger partial charge is 0.350 e. The predicted molar refractivity (Wildman–Crippen MR) is 69.3 cm³/mol. The van der Waals surface area contributed by atoms with Crippen LogP contribution in [0.4, 0.5) is 4.39 Å². The summed E-state index contributed by atoms with van der Waals surface area (Å²) >= 11 is 5.51. The number of hydrogen-bond donors (Lipinski definition) is 2. The van der Waals surface area contributed by atoms with E-state index in [0.717, 1.165) is 6.07 Å². The highest BCUT2D eigenvalue weighted by Gasteiger charge is 2.14. The first-order chi connectivity index (χ1) is 7.29. The van der Waals surface area contributed by atoms with Crippen molar-refractivity contribution in [3.05, 3.63) is 34.6 Å². The van der Waals surface area contributed by atoms with E-state index in [1.165, 1.54) is 12.1 Å². The van der Waals surface area contributed by atoms with Crippen molar-refractivity contribution in [2.45, 2.75) is 19.4 Å². The molecular formula is C11H15Cl2FN2O. The van der Waals surface area contributed by atoms with Gasteiger partial charge in [-0.25, -0.2) is 4.39 Å². The predicted octanol–water partition coefficient (Wildman–Crippen LogP) is 2.37. The topological polar surface area (TPSA) is 55.1 Å². The molecule has 0 atom stereocenters. The van der Waals surface area contributed by atoms with Gasteiger partial charge in [-0.15, -0.1) is 12.4 Å². The zero-order valence-corrected chi connectivity index (χ0v) is 11.2. The highest BCUT2D eigenvalue weighted by molar-refractivity contribution is 6.30. The number of nitrogens with two attached hydrogens (primary N) is 1. The molecule has 1 aromatic rings. The quantitative estimate of drug-likeness (QED) is 0.893. The molecule has 0 unspecified atom stereocenters. The number of nitrogens with one attached hydrogen (secondary N) is 1. The molecular weight excluding hydrogens is 266 g/mol. The third-order valence-corrected chi connectivity index (χ3v) is 2.19. The van der Waals surface area contributed by atoms with E-state index in [1.807, 2.05) is 0 Å². The van der Waals surface area contributed by atoms with Crippen LogP contribution >= 0.6 is 24.0 Å². The van der Waals surface area contributed by atoms with E-state index in [4.69, 9.17) is 17.3 Å². The van der Waals surface area contributed by atoms with E-state index in [1.54, 1.807) is 13.8 Å². The van der Waals surface area contributed by atoms with Gasteiger partial charge in [-0.1, -0.05) is 11.6 Å². The van der Waals surface area contributed by atoms with Crippen molar-refractivity contribution < 1.29 is 9.18 Å². The average molecular weight is 281 g/mol. The molecule has 0 aliphatic carbocycles. The second-order valence-electron chi connectivity index (χ2n) is 4.30. The van der Waals surface area contributed by atoms with Crippen LogP contribution in [-0.2, 0) is 0 Å². The van der Waals surface area contributed by atoms with Crippen LogP contribution in [0.15, 0.2) is 18.2 Å². The molecule has 3 N–H and O–H groups in total. The Bertz CT molecular complexity index is 405. The molecule has 0 aliphatic heterocycles. The summed E-state index contributed by atoms with van der Waals surface area (Å²) in [5.41, 5.74) is 5.43. The fraction of sp³-hybridized carbons (Fsp3) is 0.364. The summed E-state index contributed by atoms with van der Waals surface area (Å²) in [5, 5.41) is 2.61. The highest BCUT2D eigenvalue weighted by Crippen LogP contribution is 2.15. The minimum atomic E-state index is -0.610. The molecule has 6 heteroatoms. The fourth-order valence-corrected chi connectivity index (χ4v) is 1.17. The minimum absolute atomic E-state index is 0. The second-order valence-corrected chi connectivity index (χ2v) is 4.71. The van der Waals surface area contributed by atoms with Crippen LogP contribution in [0, 0.1) is 5.82 Å². The molecule has 0 saturated carbocycles. The number of carbonyl (C=O) groups is 1. The van der Waals surface area contributed by atoms with Crippen molar-refractivity contribution in [2.24, 2.45) is 5.73 Å². The van der Waals surface area contributed by atoms with E-state index in [9.17, 15) is 9.18 Å². The van der Waals surface area contributed by atoms with Crippen molar-refractivity contribution in [3.8, 4) is 0 Å². The van der Waals surface area contributed by atoms with Crippen molar-refractivity contribution in [1.29, 1.82) is 0 Å². The SMILES string of the molecule is CC(C)(N)CNC(=O)c1ccc(Cl)c(F)c1.Cl. The Kier molecular flexibility index (Phi) is 5.88. The molecule has 0 heterocycles. The van der Waals surface area contributed by atoms with E-state index in [-0.39, 0.29) is 28.9 Å². The zero-order chi connectivity index (χ0) is 12.3. The normalized spacial score (nSPS) is 10.6. The van der Waals surface area contributed by atoms with Crippen LogP contribution in [0.5, 0.6) is 0 Å². The van der Waals surface area contributed by atoms with Gasteiger partial charge in [0.15, 0.2) is 0 Å². The molecule has 17 heavy (non-hydrogen) atoms. The molecule has 0 fully saturated rings. The van der Waals surface area contributed by atoms with Gasteiger partial charge in [-0.2, -0.15) is 0 Å². The van der Waals surface area contributed by atoms with Crippen molar-refractivity contribution in [3.63, 3.8) is 0 Å². The van der Waals surface area contributed by atoms with Gasteiger partial charge >= 0.3 is 0 Å². The summed E-state index contributed by atoms with van der Waals surface area (Å²) < 4.78 is 13.1. The maximum absolute atomic E-state index is 13.1. The third-order valence-electron chi connectivity index (χ3n) is 1.89. The van der Waals surface area contributed by atoms with Crippen LogP contribution < -0.4 is 11.1 Å².